The van der Waals surface area contributed by atoms with Gasteiger partial charge >= 0.3 is 11.6 Å². The molecule has 0 aliphatic carbocycles. The van der Waals surface area contributed by atoms with E-state index in [1.165, 1.54) is 6.07 Å². The minimum Gasteiger partial charge on any atom is -0.480 e. The summed E-state index contributed by atoms with van der Waals surface area (Å²) in [4.78, 5) is 29.7. The highest BCUT2D eigenvalue weighted by Gasteiger charge is 2.41. The Morgan fingerprint density at radius 1 is 1.26 bits per heavy atom. The molecule has 1 aromatic carbocycles. The van der Waals surface area contributed by atoms with Gasteiger partial charge in [-0.05, 0) is 36.6 Å². The number of carboxylic acids is 1. The van der Waals surface area contributed by atoms with Crippen LogP contribution in [0.15, 0.2) is 51.7 Å². The monoisotopic (exact) mass is 365 g/mol. The van der Waals surface area contributed by atoms with Crippen LogP contribution in [0.5, 0.6) is 0 Å². The van der Waals surface area contributed by atoms with Crippen molar-refractivity contribution in [2.24, 2.45) is 5.73 Å². The Labute approximate surface area is 155 Å². The molecule has 0 radical (unpaired) electrons. The van der Waals surface area contributed by atoms with Gasteiger partial charge in [0.1, 0.15) is 11.4 Å². The second kappa shape index (κ2) is 6.21. The molecule has 3 heterocycles. The Hall–Kier alpha value is -3.19. The lowest BCUT2D eigenvalue weighted by molar-refractivity contribution is -0.142. The molecule has 1 aliphatic rings. The molecule has 0 saturated carbocycles. The second-order valence-electron chi connectivity index (χ2n) is 6.95. The summed E-state index contributed by atoms with van der Waals surface area (Å²) in [7, 11) is 0. The standard InChI is InChI=1S/C20H19N3O4/c1-12-4-2-3-5-13(12)15-10-17(24)27-18-14(15)6-7-16(22-18)23-9-8-20(21,11-23)19(25)26/h2-7,10H,8-9,11,21H2,1H3,(H,25,26). The fourth-order valence-corrected chi connectivity index (χ4v) is 3.51. The third kappa shape index (κ3) is 2.96. The summed E-state index contributed by atoms with van der Waals surface area (Å²) in [5.41, 5.74) is 7.14. The summed E-state index contributed by atoms with van der Waals surface area (Å²) in [6.07, 6.45) is 0.329. The van der Waals surface area contributed by atoms with Crippen LogP contribution in [-0.2, 0) is 4.79 Å². The second-order valence-corrected chi connectivity index (χ2v) is 6.95. The van der Waals surface area contributed by atoms with E-state index in [9.17, 15) is 14.7 Å². The van der Waals surface area contributed by atoms with E-state index in [-0.39, 0.29) is 12.3 Å². The molecule has 3 N–H and O–H groups in total. The lowest BCUT2D eigenvalue weighted by Gasteiger charge is -2.21. The zero-order valence-corrected chi connectivity index (χ0v) is 14.8. The highest BCUT2D eigenvalue weighted by molar-refractivity contribution is 5.93. The zero-order chi connectivity index (χ0) is 19.2. The van der Waals surface area contributed by atoms with Crippen molar-refractivity contribution in [3.8, 4) is 11.1 Å². The molecule has 138 valence electrons. The molecule has 1 aliphatic heterocycles. The average Bonchev–Trinajstić information content (AvgIpc) is 3.05. The van der Waals surface area contributed by atoms with Gasteiger partial charge in [-0.15, -0.1) is 0 Å². The molecule has 0 amide bonds. The number of aliphatic carboxylic acids is 1. The Bertz CT molecular complexity index is 1110. The number of hydrogen-bond acceptors (Lipinski definition) is 6. The molecule has 7 heteroatoms. The Balaban J connectivity index is 1.80. The van der Waals surface area contributed by atoms with Crippen LogP contribution in [0.2, 0.25) is 0 Å². The van der Waals surface area contributed by atoms with E-state index in [0.29, 0.717) is 18.8 Å². The SMILES string of the molecule is Cc1ccccc1-c1cc(=O)oc2nc(N3CCC(N)(C(=O)O)C3)ccc12. The minimum absolute atomic E-state index is 0.155. The highest BCUT2D eigenvalue weighted by Crippen LogP contribution is 2.31. The highest BCUT2D eigenvalue weighted by atomic mass is 16.4. The van der Waals surface area contributed by atoms with E-state index in [1.54, 1.807) is 11.0 Å². The first-order valence-electron chi connectivity index (χ1n) is 8.65. The van der Waals surface area contributed by atoms with Gasteiger partial charge in [0.05, 0.1) is 0 Å². The van der Waals surface area contributed by atoms with Crippen molar-refractivity contribution in [2.75, 3.05) is 18.0 Å². The number of anilines is 1. The number of carbonyl (C=O) groups is 1. The smallest absolute Gasteiger partial charge is 0.338 e. The maximum atomic E-state index is 12.1. The molecule has 1 unspecified atom stereocenters. The van der Waals surface area contributed by atoms with Crippen molar-refractivity contribution in [2.45, 2.75) is 18.9 Å². The fourth-order valence-electron chi connectivity index (χ4n) is 3.51. The Morgan fingerprint density at radius 2 is 2.04 bits per heavy atom. The van der Waals surface area contributed by atoms with Crippen molar-refractivity contribution in [3.05, 3.63) is 58.4 Å². The molecular formula is C20H19N3O4. The normalized spacial score (nSPS) is 19.6. The van der Waals surface area contributed by atoms with E-state index >= 15 is 0 Å². The van der Waals surface area contributed by atoms with Gasteiger partial charge in [0, 0.05) is 30.1 Å². The van der Waals surface area contributed by atoms with E-state index in [1.807, 2.05) is 37.3 Å². The van der Waals surface area contributed by atoms with E-state index in [2.05, 4.69) is 4.98 Å². The van der Waals surface area contributed by atoms with Gasteiger partial charge in [-0.2, -0.15) is 4.98 Å². The van der Waals surface area contributed by atoms with Crippen molar-refractivity contribution < 1.29 is 14.3 Å². The molecule has 4 rings (SSSR count). The summed E-state index contributed by atoms with van der Waals surface area (Å²) in [6, 6.07) is 12.9. The first kappa shape index (κ1) is 17.2. The predicted molar refractivity (Wildman–Crippen MR) is 102 cm³/mol. The molecule has 1 saturated heterocycles. The van der Waals surface area contributed by atoms with Crippen LogP contribution in [0.3, 0.4) is 0 Å². The molecule has 27 heavy (non-hydrogen) atoms. The summed E-state index contributed by atoms with van der Waals surface area (Å²) in [5.74, 6) is -0.486. The molecule has 2 aromatic heterocycles. The molecule has 7 nitrogen and oxygen atoms in total. The Morgan fingerprint density at radius 3 is 2.74 bits per heavy atom. The van der Waals surface area contributed by atoms with Crippen molar-refractivity contribution in [1.29, 1.82) is 0 Å². The average molecular weight is 365 g/mol. The quantitative estimate of drug-likeness (QED) is 0.732. The molecule has 3 aromatic rings. The molecule has 0 bridgehead atoms. The predicted octanol–water partition coefficient (Wildman–Crippen LogP) is 2.16. The van der Waals surface area contributed by atoms with E-state index < -0.39 is 17.1 Å². The number of carboxylic acid groups (broad SMARTS) is 1. The van der Waals surface area contributed by atoms with Crippen LogP contribution >= 0.6 is 0 Å². The number of pyridine rings is 1. The molecular weight excluding hydrogens is 346 g/mol. The minimum atomic E-state index is -1.29. The largest absolute Gasteiger partial charge is 0.480 e. The van der Waals surface area contributed by atoms with Gasteiger partial charge in [-0.25, -0.2) is 4.79 Å². The third-order valence-electron chi connectivity index (χ3n) is 5.08. The molecule has 1 fully saturated rings. The number of aryl methyl sites for hydroxylation is 1. The molecule has 0 spiro atoms. The summed E-state index contributed by atoms with van der Waals surface area (Å²) >= 11 is 0. The van der Waals surface area contributed by atoms with Gasteiger partial charge in [0.25, 0.3) is 0 Å². The first-order chi connectivity index (χ1) is 12.9. The van der Waals surface area contributed by atoms with Gasteiger partial charge in [-0.3, -0.25) is 4.79 Å². The van der Waals surface area contributed by atoms with Crippen LogP contribution in [0.1, 0.15) is 12.0 Å². The van der Waals surface area contributed by atoms with Crippen molar-refractivity contribution >= 4 is 22.9 Å². The topological polar surface area (TPSA) is 110 Å². The van der Waals surface area contributed by atoms with Gasteiger partial charge < -0.3 is 20.2 Å². The van der Waals surface area contributed by atoms with Gasteiger partial charge in [0.15, 0.2) is 0 Å². The number of nitrogens with zero attached hydrogens (tertiary/aromatic N) is 2. The number of hydrogen-bond donors (Lipinski definition) is 2. The van der Waals surface area contributed by atoms with E-state index in [4.69, 9.17) is 10.2 Å². The van der Waals surface area contributed by atoms with Crippen molar-refractivity contribution in [1.82, 2.24) is 4.98 Å². The number of benzene rings is 1. The fraction of sp³-hybridized carbons (Fsp3) is 0.250. The number of aromatic nitrogens is 1. The third-order valence-corrected chi connectivity index (χ3v) is 5.08. The first-order valence-corrected chi connectivity index (χ1v) is 8.65. The molecule has 1 atom stereocenters. The van der Waals surface area contributed by atoms with Crippen LogP contribution in [0.4, 0.5) is 5.82 Å². The van der Waals surface area contributed by atoms with Crippen LogP contribution in [0, 0.1) is 6.92 Å². The lowest BCUT2D eigenvalue weighted by atomic mass is 9.99. The maximum absolute atomic E-state index is 12.1. The van der Waals surface area contributed by atoms with Gasteiger partial charge in [0.2, 0.25) is 5.71 Å². The van der Waals surface area contributed by atoms with Gasteiger partial charge in [-0.1, -0.05) is 24.3 Å². The lowest BCUT2D eigenvalue weighted by Crippen LogP contribution is -2.50. The van der Waals surface area contributed by atoms with Crippen LogP contribution in [0.25, 0.3) is 22.2 Å². The Kier molecular flexibility index (Phi) is 3.96. The number of rotatable bonds is 3. The van der Waals surface area contributed by atoms with Crippen LogP contribution in [-0.4, -0.2) is 34.7 Å². The van der Waals surface area contributed by atoms with Crippen molar-refractivity contribution in [3.63, 3.8) is 0 Å². The number of nitrogens with two attached hydrogens (primary N) is 1. The summed E-state index contributed by atoms with van der Waals surface area (Å²) in [5, 5.41) is 10.0. The maximum Gasteiger partial charge on any atom is 0.338 e. The number of fused-ring (bicyclic) bond motifs is 1. The summed E-state index contributed by atoms with van der Waals surface area (Å²) in [6.45, 7) is 2.61. The summed E-state index contributed by atoms with van der Waals surface area (Å²) < 4.78 is 5.32. The van der Waals surface area contributed by atoms with Crippen LogP contribution < -0.4 is 16.3 Å². The van der Waals surface area contributed by atoms with E-state index in [0.717, 1.165) is 22.1 Å². The zero-order valence-electron chi connectivity index (χ0n) is 14.8.